The van der Waals surface area contributed by atoms with E-state index in [1.807, 2.05) is 12.1 Å². The number of ether oxygens (including phenoxy) is 1. The van der Waals surface area contributed by atoms with Crippen LogP contribution in [0.2, 0.25) is 0 Å². The van der Waals surface area contributed by atoms with Gasteiger partial charge in [-0.15, -0.1) is 0 Å². The fraction of sp³-hybridized carbons (Fsp3) is 0.519. The highest BCUT2D eigenvalue weighted by Crippen LogP contribution is 2.60. The molecular weight excluding hydrogens is 467 g/mol. The van der Waals surface area contributed by atoms with E-state index in [9.17, 15) is 17.6 Å². The van der Waals surface area contributed by atoms with Crippen molar-refractivity contribution in [1.29, 1.82) is 0 Å². The van der Waals surface area contributed by atoms with Crippen molar-refractivity contribution in [2.75, 3.05) is 30.3 Å². The summed E-state index contributed by atoms with van der Waals surface area (Å²) in [6, 6.07) is 13.5. The van der Waals surface area contributed by atoms with Crippen LogP contribution in [0.4, 0.5) is 10.1 Å². The van der Waals surface area contributed by atoms with E-state index in [1.54, 1.807) is 0 Å². The maximum atomic E-state index is 13.0. The Bertz CT molecular complexity index is 1130. The molecule has 4 fully saturated rings. The summed E-state index contributed by atoms with van der Waals surface area (Å²) >= 11 is 0. The number of carbonyl (C=O) groups excluding carboxylic acids is 1. The van der Waals surface area contributed by atoms with Gasteiger partial charge in [-0.2, -0.15) is 0 Å². The summed E-state index contributed by atoms with van der Waals surface area (Å²) in [6.07, 6.45) is 8.99. The molecule has 4 bridgehead atoms. The molecule has 0 radical (unpaired) electrons. The molecule has 1 amide bonds. The molecule has 2 aromatic carbocycles. The van der Waals surface area contributed by atoms with Crippen LogP contribution in [0.3, 0.4) is 0 Å². The van der Waals surface area contributed by atoms with Gasteiger partial charge in [0, 0.05) is 0 Å². The van der Waals surface area contributed by atoms with E-state index in [2.05, 4.69) is 17.4 Å². The lowest BCUT2D eigenvalue weighted by atomic mass is 9.48. The van der Waals surface area contributed by atoms with Crippen LogP contribution in [0.15, 0.2) is 48.5 Å². The quantitative estimate of drug-likeness (QED) is 0.522. The third-order valence-corrected chi connectivity index (χ3v) is 9.14. The van der Waals surface area contributed by atoms with Crippen molar-refractivity contribution in [3.05, 3.63) is 59.9 Å². The third kappa shape index (κ3) is 5.32. The molecule has 6 nitrogen and oxygen atoms in total. The van der Waals surface area contributed by atoms with Crippen LogP contribution < -0.4 is 14.4 Å². The van der Waals surface area contributed by atoms with E-state index < -0.39 is 15.9 Å². The molecule has 0 saturated heterocycles. The van der Waals surface area contributed by atoms with Gasteiger partial charge in [0.05, 0.1) is 18.5 Å². The minimum atomic E-state index is -3.64. The van der Waals surface area contributed by atoms with Gasteiger partial charge in [0.15, 0.2) is 0 Å². The zero-order valence-corrected chi connectivity index (χ0v) is 20.9. The molecule has 1 N–H and O–H groups in total. The lowest BCUT2D eigenvalue weighted by molar-refractivity contribution is -0.119. The van der Waals surface area contributed by atoms with E-state index in [0.717, 1.165) is 28.3 Å². The predicted octanol–water partition coefficient (Wildman–Crippen LogP) is 4.25. The number of halogens is 1. The highest BCUT2D eigenvalue weighted by molar-refractivity contribution is 7.92. The van der Waals surface area contributed by atoms with Crippen molar-refractivity contribution in [3.8, 4) is 5.75 Å². The molecule has 0 aromatic heterocycles. The second kappa shape index (κ2) is 9.45. The second-order valence-electron chi connectivity index (χ2n) is 10.7. The summed E-state index contributed by atoms with van der Waals surface area (Å²) in [5.74, 6) is 2.25. The van der Waals surface area contributed by atoms with Gasteiger partial charge in [0.1, 0.15) is 24.7 Å². The first kappa shape index (κ1) is 24.1. The van der Waals surface area contributed by atoms with Gasteiger partial charge in [-0.05, 0) is 104 Å². The van der Waals surface area contributed by atoms with E-state index in [1.165, 1.54) is 68.4 Å². The summed E-state index contributed by atoms with van der Waals surface area (Å²) < 4.78 is 44.6. The van der Waals surface area contributed by atoms with Crippen LogP contribution in [0.5, 0.6) is 5.75 Å². The van der Waals surface area contributed by atoms with Crippen LogP contribution in [-0.2, 0) is 20.2 Å². The van der Waals surface area contributed by atoms with Crippen LogP contribution in [0.25, 0.3) is 0 Å². The Labute approximate surface area is 206 Å². The van der Waals surface area contributed by atoms with Crippen molar-refractivity contribution in [3.63, 3.8) is 0 Å². The first-order valence-electron chi connectivity index (χ1n) is 12.4. The molecule has 0 heterocycles. The van der Waals surface area contributed by atoms with E-state index >= 15 is 0 Å². The largest absolute Gasteiger partial charge is 0.492 e. The average molecular weight is 501 g/mol. The molecule has 0 unspecified atom stereocenters. The van der Waals surface area contributed by atoms with Crippen LogP contribution in [0, 0.1) is 23.6 Å². The first-order valence-corrected chi connectivity index (χ1v) is 14.3. The maximum absolute atomic E-state index is 13.0. The van der Waals surface area contributed by atoms with E-state index in [0.29, 0.717) is 11.4 Å². The fourth-order valence-corrected chi connectivity index (χ4v) is 7.78. The van der Waals surface area contributed by atoms with Crippen molar-refractivity contribution >= 4 is 21.6 Å². The number of anilines is 1. The summed E-state index contributed by atoms with van der Waals surface area (Å²) in [7, 11) is -3.64. The summed E-state index contributed by atoms with van der Waals surface area (Å²) in [4.78, 5) is 12.5. The van der Waals surface area contributed by atoms with Crippen molar-refractivity contribution in [1.82, 2.24) is 5.32 Å². The van der Waals surface area contributed by atoms with Gasteiger partial charge in [0.25, 0.3) is 0 Å². The Morgan fingerprint density at radius 3 is 2.11 bits per heavy atom. The van der Waals surface area contributed by atoms with Gasteiger partial charge < -0.3 is 10.1 Å². The Morgan fingerprint density at radius 1 is 1.00 bits per heavy atom. The molecule has 2 aromatic rings. The van der Waals surface area contributed by atoms with Gasteiger partial charge >= 0.3 is 0 Å². The lowest BCUT2D eigenvalue weighted by Crippen LogP contribution is -2.48. The maximum Gasteiger partial charge on any atom is 0.240 e. The molecule has 4 aliphatic rings. The highest BCUT2D eigenvalue weighted by Gasteiger charge is 2.51. The smallest absolute Gasteiger partial charge is 0.240 e. The number of carbonyl (C=O) groups is 1. The Hall–Kier alpha value is -2.61. The van der Waals surface area contributed by atoms with Gasteiger partial charge in [-0.25, -0.2) is 12.8 Å². The zero-order chi connectivity index (χ0) is 24.6. The Balaban J connectivity index is 1.20. The average Bonchev–Trinajstić information content (AvgIpc) is 2.80. The SMILES string of the molecule is CS(=O)(=O)N(CC(=O)NCCOc1ccc(F)cc1)c1ccc(C23CC4CC(CC(C4)C2)C3)cc1. The van der Waals surface area contributed by atoms with E-state index in [4.69, 9.17) is 4.74 Å². The summed E-state index contributed by atoms with van der Waals surface area (Å²) in [6.45, 7) is 0.0981. The third-order valence-electron chi connectivity index (χ3n) is 8.00. The minimum absolute atomic E-state index is 0.190. The van der Waals surface area contributed by atoms with E-state index in [-0.39, 0.29) is 30.9 Å². The van der Waals surface area contributed by atoms with Crippen LogP contribution >= 0.6 is 0 Å². The molecule has 6 rings (SSSR count). The number of hydrogen-bond acceptors (Lipinski definition) is 4. The molecule has 0 spiro atoms. The number of rotatable bonds is 9. The fourth-order valence-electron chi connectivity index (χ4n) is 6.92. The van der Waals surface area contributed by atoms with Gasteiger partial charge in [0.2, 0.25) is 15.9 Å². The molecule has 4 saturated carbocycles. The zero-order valence-electron chi connectivity index (χ0n) is 20.1. The van der Waals surface area contributed by atoms with Crippen molar-refractivity contribution in [2.24, 2.45) is 17.8 Å². The Morgan fingerprint density at radius 2 is 1.57 bits per heavy atom. The number of nitrogens with one attached hydrogen (secondary N) is 1. The standard InChI is InChI=1S/C27H33FN2O4S/c1-35(32,33)30(18-26(31)29-10-11-34-25-8-4-23(28)5-9-25)24-6-2-22(3-7-24)27-15-19-12-20(16-27)14-21(13-19)17-27/h2-9,19-21H,10-18H2,1H3,(H,29,31). The molecule has 0 aliphatic heterocycles. The lowest BCUT2D eigenvalue weighted by Gasteiger charge is -2.57. The summed E-state index contributed by atoms with van der Waals surface area (Å²) in [5.41, 5.74) is 2.06. The number of sulfonamides is 1. The highest BCUT2D eigenvalue weighted by atomic mass is 32.2. The van der Waals surface area contributed by atoms with Gasteiger partial charge in [-0.3, -0.25) is 9.10 Å². The monoisotopic (exact) mass is 500 g/mol. The van der Waals surface area contributed by atoms with Crippen molar-refractivity contribution < 1.29 is 22.3 Å². The topological polar surface area (TPSA) is 75.7 Å². The molecule has 4 aliphatic carbocycles. The summed E-state index contributed by atoms with van der Waals surface area (Å²) in [5, 5.41) is 2.69. The molecule has 188 valence electrons. The number of nitrogens with zero attached hydrogens (tertiary/aromatic N) is 1. The molecular formula is C27H33FN2O4S. The van der Waals surface area contributed by atoms with Crippen molar-refractivity contribution in [2.45, 2.75) is 43.9 Å². The molecule has 0 atom stereocenters. The molecule has 35 heavy (non-hydrogen) atoms. The van der Waals surface area contributed by atoms with Gasteiger partial charge in [-0.1, -0.05) is 12.1 Å². The molecule has 8 heteroatoms. The van der Waals surface area contributed by atoms with Crippen LogP contribution in [-0.4, -0.2) is 40.3 Å². The Kier molecular flexibility index (Phi) is 6.51. The predicted molar refractivity (Wildman–Crippen MR) is 133 cm³/mol. The number of hydrogen-bond donors (Lipinski definition) is 1. The minimum Gasteiger partial charge on any atom is -0.492 e. The second-order valence-corrected chi connectivity index (χ2v) is 12.6. The number of benzene rings is 2. The normalized spacial score (nSPS) is 27.0. The number of amides is 1. The van der Waals surface area contributed by atoms with Crippen LogP contribution in [0.1, 0.15) is 44.1 Å². The first-order chi connectivity index (χ1) is 16.7.